The van der Waals surface area contributed by atoms with Gasteiger partial charge in [0.25, 0.3) is 0 Å². The summed E-state index contributed by atoms with van der Waals surface area (Å²) in [6.45, 7) is 6.29. The Hall–Kier alpha value is -1.01. The number of benzene rings is 1. The van der Waals surface area contributed by atoms with E-state index in [2.05, 4.69) is 15.5 Å². The summed E-state index contributed by atoms with van der Waals surface area (Å²) in [5.41, 5.74) is 1.12. The number of amides is 2. The molecule has 2 N–H and O–H groups in total. The van der Waals surface area contributed by atoms with Gasteiger partial charge in [0.1, 0.15) is 0 Å². The van der Waals surface area contributed by atoms with E-state index >= 15 is 0 Å². The van der Waals surface area contributed by atoms with E-state index in [-0.39, 0.29) is 12.1 Å². The maximum atomic E-state index is 11.6. The van der Waals surface area contributed by atoms with Crippen LogP contribution >= 0.6 is 23.2 Å². The van der Waals surface area contributed by atoms with Gasteiger partial charge in [-0.3, -0.25) is 4.90 Å². The van der Waals surface area contributed by atoms with Crippen LogP contribution < -0.4 is 10.6 Å². The van der Waals surface area contributed by atoms with Crippen molar-refractivity contribution in [2.45, 2.75) is 26.0 Å². The molecule has 1 unspecified atom stereocenters. The molecule has 1 aromatic rings. The molecule has 1 aliphatic heterocycles. The largest absolute Gasteiger partial charge is 0.374 e. The molecule has 1 aliphatic rings. The molecule has 128 valence electrons. The molecule has 0 radical (unpaired) electrons. The Morgan fingerprint density at radius 3 is 2.91 bits per heavy atom. The Kier molecular flexibility index (Phi) is 7.43. The van der Waals surface area contributed by atoms with Crippen molar-refractivity contribution in [1.29, 1.82) is 0 Å². The lowest BCUT2D eigenvalue weighted by Gasteiger charge is -2.33. The molecular weight excluding hydrogens is 337 g/mol. The van der Waals surface area contributed by atoms with Gasteiger partial charge in [0.15, 0.2) is 0 Å². The fourth-order valence-corrected chi connectivity index (χ4v) is 2.77. The Morgan fingerprint density at radius 1 is 1.35 bits per heavy atom. The minimum absolute atomic E-state index is 0.00102. The summed E-state index contributed by atoms with van der Waals surface area (Å²) in [5.74, 6) is 0. The molecule has 0 aliphatic carbocycles. The zero-order valence-electron chi connectivity index (χ0n) is 13.3. The van der Waals surface area contributed by atoms with Crippen LogP contribution in [0.4, 0.5) is 4.79 Å². The van der Waals surface area contributed by atoms with Crippen LogP contribution in [0, 0.1) is 0 Å². The first-order chi connectivity index (χ1) is 11.1. The molecule has 1 fully saturated rings. The first kappa shape index (κ1) is 18.3. The predicted octanol–water partition coefficient (Wildman–Crippen LogP) is 2.90. The van der Waals surface area contributed by atoms with Crippen molar-refractivity contribution in [2.24, 2.45) is 0 Å². The zero-order chi connectivity index (χ0) is 16.7. The van der Waals surface area contributed by atoms with Crippen molar-refractivity contribution in [3.05, 3.63) is 33.8 Å². The number of nitrogens with one attached hydrogen (secondary N) is 2. The third kappa shape index (κ3) is 6.18. The van der Waals surface area contributed by atoms with Gasteiger partial charge in [0, 0.05) is 32.7 Å². The van der Waals surface area contributed by atoms with Gasteiger partial charge in [-0.2, -0.15) is 0 Å². The second kappa shape index (κ2) is 9.33. The van der Waals surface area contributed by atoms with E-state index in [9.17, 15) is 4.79 Å². The van der Waals surface area contributed by atoms with Crippen LogP contribution in [0.5, 0.6) is 0 Å². The summed E-state index contributed by atoms with van der Waals surface area (Å²) in [6, 6.07) is 5.55. The van der Waals surface area contributed by atoms with Crippen LogP contribution in [0.3, 0.4) is 0 Å². The van der Waals surface area contributed by atoms with Gasteiger partial charge in [-0.1, -0.05) is 36.2 Å². The molecule has 2 rings (SSSR count). The highest BCUT2D eigenvalue weighted by molar-refractivity contribution is 6.42. The Bertz CT molecular complexity index is 528. The van der Waals surface area contributed by atoms with E-state index in [0.29, 0.717) is 29.7 Å². The van der Waals surface area contributed by atoms with Crippen molar-refractivity contribution in [3.8, 4) is 0 Å². The number of halogens is 2. The zero-order valence-corrected chi connectivity index (χ0v) is 14.8. The number of rotatable bonds is 6. The Morgan fingerprint density at radius 2 is 2.17 bits per heavy atom. The van der Waals surface area contributed by atoms with E-state index in [4.69, 9.17) is 27.9 Å². The molecule has 23 heavy (non-hydrogen) atoms. The van der Waals surface area contributed by atoms with Crippen molar-refractivity contribution in [1.82, 2.24) is 15.5 Å². The standard InChI is InChI=1S/C16H23Cl2N3O2/c1-2-5-19-16(22)20-9-13-11-21(6-7-23-13)10-12-3-4-14(17)15(18)8-12/h3-4,8,13H,2,5-7,9-11H2,1H3,(H2,19,20,22). The van der Waals surface area contributed by atoms with Crippen molar-refractivity contribution in [3.63, 3.8) is 0 Å². The van der Waals surface area contributed by atoms with E-state index in [1.807, 2.05) is 25.1 Å². The summed E-state index contributed by atoms with van der Waals surface area (Å²) in [5, 5.41) is 6.78. The monoisotopic (exact) mass is 359 g/mol. The average Bonchev–Trinajstić information content (AvgIpc) is 2.55. The van der Waals surface area contributed by atoms with E-state index in [1.165, 1.54) is 0 Å². The van der Waals surface area contributed by atoms with Gasteiger partial charge < -0.3 is 15.4 Å². The molecule has 0 spiro atoms. The predicted molar refractivity (Wildman–Crippen MR) is 93.2 cm³/mol. The van der Waals surface area contributed by atoms with Crippen molar-refractivity contribution in [2.75, 3.05) is 32.8 Å². The maximum absolute atomic E-state index is 11.6. The summed E-state index contributed by atoms with van der Waals surface area (Å²) in [7, 11) is 0. The molecule has 0 aromatic heterocycles. The summed E-state index contributed by atoms with van der Waals surface area (Å²) in [4.78, 5) is 13.9. The van der Waals surface area contributed by atoms with Crippen molar-refractivity contribution >= 4 is 29.2 Å². The molecule has 1 aromatic carbocycles. The topological polar surface area (TPSA) is 53.6 Å². The molecule has 2 amide bonds. The third-order valence-corrected chi connectivity index (χ3v) is 4.38. The molecule has 7 heteroatoms. The van der Waals surface area contributed by atoms with Gasteiger partial charge in [-0.05, 0) is 24.1 Å². The molecular formula is C16H23Cl2N3O2. The molecule has 0 saturated carbocycles. The van der Waals surface area contributed by atoms with E-state index < -0.39 is 0 Å². The van der Waals surface area contributed by atoms with Gasteiger partial charge in [0.05, 0.1) is 22.8 Å². The second-order valence-corrected chi connectivity index (χ2v) is 6.43. The molecule has 0 bridgehead atoms. The molecule has 1 saturated heterocycles. The number of carbonyl (C=O) groups excluding carboxylic acids is 1. The first-order valence-corrected chi connectivity index (χ1v) is 8.63. The van der Waals surface area contributed by atoms with Crippen LogP contribution in [0.1, 0.15) is 18.9 Å². The number of nitrogens with zero attached hydrogens (tertiary/aromatic N) is 1. The molecule has 5 nitrogen and oxygen atoms in total. The molecule has 1 atom stereocenters. The number of ether oxygens (including phenoxy) is 1. The number of morpholine rings is 1. The Labute approximate surface area is 147 Å². The van der Waals surface area contributed by atoms with Crippen LogP contribution in [0.2, 0.25) is 10.0 Å². The quantitative estimate of drug-likeness (QED) is 0.820. The lowest BCUT2D eigenvalue weighted by molar-refractivity contribution is -0.0287. The highest BCUT2D eigenvalue weighted by atomic mass is 35.5. The number of urea groups is 1. The van der Waals surface area contributed by atoms with E-state index in [0.717, 1.165) is 31.6 Å². The SMILES string of the molecule is CCCNC(=O)NCC1CN(Cc2ccc(Cl)c(Cl)c2)CCO1. The lowest BCUT2D eigenvalue weighted by atomic mass is 10.2. The third-order valence-electron chi connectivity index (χ3n) is 3.64. The van der Waals surface area contributed by atoms with Crippen LogP contribution in [0.15, 0.2) is 18.2 Å². The van der Waals surface area contributed by atoms with Crippen LogP contribution in [0.25, 0.3) is 0 Å². The fraction of sp³-hybridized carbons (Fsp3) is 0.562. The minimum atomic E-state index is -0.142. The molecule has 1 heterocycles. The van der Waals surface area contributed by atoms with Crippen LogP contribution in [-0.2, 0) is 11.3 Å². The van der Waals surface area contributed by atoms with Crippen LogP contribution in [-0.4, -0.2) is 49.8 Å². The highest BCUT2D eigenvalue weighted by Crippen LogP contribution is 2.23. The van der Waals surface area contributed by atoms with Crippen molar-refractivity contribution < 1.29 is 9.53 Å². The summed E-state index contributed by atoms with van der Waals surface area (Å²) < 4.78 is 5.71. The maximum Gasteiger partial charge on any atom is 0.314 e. The average molecular weight is 360 g/mol. The lowest BCUT2D eigenvalue weighted by Crippen LogP contribution is -2.48. The first-order valence-electron chi connectivity index (χ1n) is 7.88. The summed E-state index contributed by atoms with van der Waals surface area (Å²) >= 11 is 12.0. The number of hydrogen-bond acceptors (Lipinski definition) is 3. The fourth-order valence-electron chi connectivity index (χ4n) is 2.45. The normalized spacial score (nSPS) is 18.7. The Balaban J connectivity index is 1.78. The highest BCUT2D eigenvalue weighted by Gasteiger charge is 2.21. The second-order valence-electron chi connectivity index (χ2n) is 5.61. The smallest absolute Gasteiger partial charge is 0.314 e. The summed E-state index contributed by atoms with van der Waals surface area (Å²) in [6.07, 6.45) is 0.920. The van der Waals surface area contributed by atoms with Gasteiger partial charge in [-0.25, -0.2) is 4.79 Å². The number of hydrogen-bond donors (Lipinski definition) is 2. The van der Waals surface area contributed by atoms with E-state index in [1.54, 1.807) is 0 Å². The van der Waals surface area contributed by atoms with Gasteiger partial charge >= 0.3 is 6.03 Å². The van der Waals surface area contributed by atoms with Gasteiger partial charge in [0.2, 0.25) is 0 Å². The minimum Gasteiger partial charge on any atom is -0.374 e. The number of carbonyl (C=O) groups is 1. The van der Waals surface area contributed by atoms with Gasteiger partial charge in [-0.15, -0.1) is 0 Å².